The Labute approximate surface area is 146 Å². The minimum atomic E-state index is -0.0461. The highest BCUT2D eigenvalue weighted by atomic mass is 16.5. The van der Waals surface area contributed by atoms with Crippen molar-refractivity contribution in [3.8, 4) is 11.4 Å². The molecular weight excluding hydrogens is 318 g/mol. The summed E-state index contributed by atoms with van der Waals surface area (Å²) in [5, 5.41) is 11.1. The largest absolute Gasteiger partial charge is 0.349 e. The lowest BCUT2D eigenvalue weighted by atomic mass is 10.1. The Bertz CT molecular complexity index is 825. The summed E-state index contributed by atoms with van der Waals surface area (Å²) >= 11 is 0. The van der Waals surface area contributed by atoms with Crippen LogP contribution >= 0.6 is 0 Å². The molecule has 0 aliphatic carbocycles. The van der Waals surface area contributed by atoms with Gasteiger partial charge < -0.3 is 9.84 Å². The van der Waals surface area contributed by atoms with Gasteiger partial charge in [0.25, 0.3) is 0 Å². The summed E-state index contributed by atoms with van der Waals surface area (Å²) in [6.07, 6.45) is 5.20. The van der Waals surface area contributed by atoms with E-state index in [0.717, 1.165) is 17.5 Å². The van der Waals surface area contributed by atoms with Crippen molar-refractivity contribution in [3.05, 3.63) is 54.2 Å². The lowest BCUT2D eigenvalue weighted by Gasteiger charge is -2.14. The summed E-state index contributed by atoms with van der Waals surface area (Å²) in [5.41, 5.74) is 1.90. The molecule has 0 unspecified atom stereocenters. The van der Waals surface area contributed by atoms with Crippen molar-refractivity contribution < 1.29 is 9.32 Å². The van der Waals surface area contributed by atoms with Gasteiger partial charge in [0, 0.05) is 37.2 Å². The maximum atomic E-state index is 12.2. The Morgan fingerprint density at radius 2 is 2.12 bits per heavy atom. The molecule has 0 fully saturated rings. The fourth-order valence-electron chi connectivity index (χ4n) is 2.59. The van der Waals surface area contributed by atoms with E-state index in [2.05, 4.69) is 20.6 Å². The maximum Gasteiger partial charge on any atom is 0.227 e. The van der Waals surface area contributed by atoms with Gasteiger partial charge in [-0.15, -0.1) is 0 Å². The number of rotatable bonds is 7. The zero-order valence-electron chi connectivity index (χ0n) is 14.3. The van der Waals surface area contributed by atoms with Gasteiger partial charge in [0.05, 0.1) is 12.2 Å². The number of carbonyl (C=O) groups excluding carboxylic acids is 1. The lowest BCUT2D eigenvalue weighted by Crippen LogP contribution is -2.28. The minimum Gasteiger partial charge on any atom is -0.349 e. The molecule has 7 heteroatoms. The summed E-state index contributed by atoms with van der Waals surface area (Å²) in [4.78, 5) is 16.6. The number of nitrogens with zero attached hydrogens (tertiary/aromatic N) is 4. The number of amides is 1. The highest BCUT2D eigenvalue weighted by molar-refractivity contribution is 5.76. The molecule has 0 bridgehead atoms. The lowest BCUT2D eigenvalue weighted by molar-refractivity contribution is -0.121. The van der Waals surface area contributed by atoms with Crippen molar-refractivity contribution in [3.63, 3.8) is 0 Å². The molecule has 0 spiro atoms. The smallest absolute Gasteiger partial charge is 0.227 e. The van der Waals surface area contributed by atoms with E-state index >= 15 is 0 Å². The van der Waals surface area contributed by atoms with Crippen LogP contribution in [0.1, 0.15) is 37.3 Å². The van der Waals surface area contributed by atoms with Gasteiger partial charge in [0.1, 0.15) is 0 Å². The first-order chi connectivity index (χ1) is 12.2. The Hall–Kier alpha value is -2.96. The van der Waals surface area contributed by atoms with Crippen LogP contribution in [0.3, 0.4) is 0 Å². The van der Waals surface area contributed by atoms with Gasteiger partial charge in [-0.1, -0.05) is 42.4 Å². The molecule has 2 heterocycles. The predicted octanol–water partition coefficient (Wildman–Crippen LogP) is 2.67. The number of aromatic nitrogens is 4. The third-order valence-corrected chi connectivity index (χ3v) is 3.94. The molecule has 3 aromatic rings. The first-order valence-electron chi connectivity index (χ1n) is 8.31. The topological polar surface area (TPSA) is 85.8 Å². The number of hydrogen-bond acceptors (Lipinski definition) is 5. The van der Waals surface area contributed by atoms with E-state index in [-0.39, 0.29) is 11.9 Å². The SMILES string of the molecule is CC[C@H](NC(=O)CCc1nc(-c2ccccc2)no1)c1cnn(C)c1. The third kappa shape index (κ3) is 4.32. The molecule has 0 saturated heterocycles. The number of aryl methyl sites for hydroxylation is 2. The monoisotopic (exact) mass is 339 g/mol. The molecule has 0 radical (unpaired) electrons. The summed E-state index contributed by atoms with van der Waals surface area (Å²) in [6, 6.07) is 9.57. The number of nitrogens with one attached hydrogen (secondary N) is 1. The average Bonchev–Trinajstić information content (AvgIpc) is 3.28. The molecule has 1 atom stereocenters. The zero-order chi connectivity index (χ0) is 17.6. The third-order valence-electron chi connectivity index (χ3n) is 3.94. The molecule has 1 aromatic carbocycles. The van der Waals surface area contributed by atoms with E-state index in [9.17, 15) is 4.79 Å². The molecular formula is C18H21N5O2. The van der Waals surface area contributed by atoms with Gasteiger partial charge in [-0.05, 0) is 6.42 Å². The molecule has 130 valence electrons. The van der Waals surface area contributed by atoms with Crippen LogP contribution in [-0.2, 0) is 18.3 Å². The Morgan fingerprint density at radius 3 is 2.80 bits per heavy atom. The van der Waals surface area contributed by atoms with Crippen LogP contribution in [0.2, 0.25) is 0 Å². The van der Waals surface area contributed by atoms with Crippen LogP contribution in [-0.4, -0.2) is 25.8 Å². The highest BCUT2D eigenvalue weighted by Crippen LogP contribution is 2.17. The minimum absolute atomic E-state index is 0.0382. The fourth-order valence-corrected chi connectivity index (χ4v) is 2.59. The highest BCUT2D eigenvalue weighted by Gasteiger charge is 2.15. The van der Waals surface area contributed by atoms with Gasteiger partial charge in [-0.2, -0.15) is 10.1 Å². The molecule has 25 heavy (non-hydrogen) atoms. The van der Waals surface area contributed by atoms with Crippen LogP contribution in [0.4, 0.5) is 0 Å². The van der Waals surface area contributed by atoms with Gasteiger partial charge in [-0.25, -0.2) is 0 Å². The van der Waals surface area contributed by atoms with E-state index in [1.807, 2.05) is 50.5 Å². The summed E-state index contributed by atoms with van der Waals surface area (Å²) in [6.45, 7) is 2.03. The molecule has 1 N–H and O–H groups in total. The maximum absolute atomic E-state index is 12.2. The van der Waals surface area contributed by atoms with Gasteiger partial charge in [-0.3, -0.25) is 9.48 Å². The van der Waals surface area contributed by atoms with Crippen LogP contribution in [0.5, 0.6) is 0 Å². The second-order valence-electron chi connectivity index (χ2n) is 5.85. The zero-order valence-corrected chi connectivity index (χ0v) is 14.3. The van der Waals surface area contributed by atoms with Crippen molar-refractivity contribution in [2.45, 2.75) is 32.2 Å². The normalized spacial score (nSPS) is 12.1. The first-order valence-corrected chi connectivity index (χ1v) is 8.31. The van der Waals surface area contributed by atoms with E-state index < -0.39 is 0 Å². The predicted molar refractivity (Wildman–Crippen MR) is 92.4 cm³/mol. The molecule has 2 aromatic heterocycles. The number of benzene rings is 1. The summed E-state index contributed by atoms with van der Waals surface area (Å²) < 4.78 is 6.96. The first kappa shape index (κ1) is 16.9. The molecule has 1 amide bonds. The Kier molecular flexibility index (Phi) is 5.23. The van der Waals surface area contributed by atoms with Crippen molar-refractivity contribution >= 4 is 5.91 Å². The summed E-state index contributed by atoms with van der Waals surface area (Å²) in [7, 11) is 1.86. The standard InChI is InChI=1S/C18H21N5O2/c1-3-15(14-11-19-23(2)12-14)20-16(24)9-10-17-21-18(22-25-17)13-7-5-4-6-8-13/h4-8,11-12,15H,3,9-10H2,1-2H3,(H,20,24)/t15-/m0/s1. The number of carbonyl (C=O) groups is 1. The molecule has 7 nitrogen and oxygen atoms in total. The van der Waals surface area contributed by atoms with E-state index in [4.69, 9.17) is 4.52 Å². The Morgan fingerprint density at radius 1 is 1.32 bits per heavy atom. The molecule has 3 rings (SSSR count). The van der Waals surface area contributed by atoms with E-state index in [0.29, 0.717) is 24.6 Å². The number of hydrogen-bond donors (Lipinski definition) is 1. The van der Waals surface area contributed by atoms with Crippen molar-refractivity contribution in [1.29, 1.82) is 0 Å². The second kappa shape index (κ2) is 7.74. The molecule has 0 aliphatic heterocycles. The van der Waals surface area contributed by atoms with Gasteiger partial charge in [0.15, 0.2) is 0 Å². The van der Waals surface area contributed by atoms with Gasteiger partial charge in [0.2, 0.25) is 17.6 Å². The van der Waals surface area contributed by atoms with Crippen LogP contribution in [0.25, 0.3) is 11.4 Å². The van der Waals surface area contributed by atoms with Crippen LogP contribution in [0.15, 0.2) is 47.2 Å². The quantitative estimate of drug-likeness (QED) is 0.715. The fraction of sp³-hybridized carbons (Fsp3) is 0.333. The Balaban J connectivity index is 1.55. The van der Waals surface area contributed by atoms with Crippen molar-refractivity contribution in [2.75, 3.05) is 0 Å². The molecule has 0 aliphatic rings. The average molecular weight is 339 g/mol. The van der Waals surface area contributed by atoms with Gasteiger partial charge >= 0.3 is 0 Å². The molecule has 0 saturated carbocycles. The van der Waals surface area contributed by atoms with Crippen LogP contribution < -0.4 is 5.32 Å². The van der Waals surface area contributed by atoms with Crippen molar-refractivity contribution in [1.82, 2.24) is 25.2 Å². The summed E-state index contributed by atoms with van der Waals surface area (Å²) in [5.74, 6) is 0.955. The van der Waals surface area contributed by atoms with Crippen LogP contribution in [0, 0.1) is 0 Å². The second-order valence-corrected chi connectivity index (χ2v) is 5.85. The van der Waals surface area contributed by atoms with E-state index in [1.165, 1.54) is 0 Å². The van der Waals surface area contributed by atoms with Crippen molar-refractivity contribution in [2.24, 2.45) is 7.05 Å². The van der Waals surface area contributed by atoms with E-state index in [1.54, 1.807) is 10.9 Å².